The van der Waals surface area contributed by atoms with E-state index in [0.717, 1.165) is 39.4 Å². The first-order valence-electron chi connectivity index (χ1n) is 5.46. The third-order valence-electron chi connectivity index (χ3n) is 2.49. The predicted molar refractivity (Wildman–Crippen MR) is 64.9 cm³/mol. The molecular formula is C10H19BrN2O3. The van der Waals surface area contributed by atoms with Crippen molar-refractivity contribution in [2.24, 2.45) is 0 Å². The molecule has 1 fully saturated rings. The van der Waals surface area contributed by atoms with E-state index in [1.54, 1.807) is 0 Å². The van der Waals surface area contributed by atoms with E-state index < -0.39 is 0 Å². The van der Waals surface area contributed by atoms with Gasteiger partial charge in [-0.25, -0.2) is 0 Å². The Kier molecular flexibility index (Phi) is 6.95. The summed E-state index contributed by atoms with van der Waals surface area (Å²) in [4.78, 5) is 13.2. The van der Waals surface area contributed by atoms with Crippen molar-refractivity contribution < 1.29 is 14.3 Å². The van der Waals surface area contributed by atoms with Crippen molar-refractivity contribution in [2.45, 2.75) is 4.83 Å². The number of methoxy groups -OCH3 is 1. The standard InChI is InChI=1S/C10H19BrN2O3/c1-15-10(14)9(11)8-12-2-3-13-4-6-16-7-5-13/h9,12H,2-8H2,1H3. The van der Waals surface area contributed by atoms with E-state index >= 15 is 0 Å². The molecule has 5 nitrogen and oxygen atoms in total. The third kappa shape index (κ3) is 5.25. The van der Waals surface area contributed by atoms with E-state index in [0.29, 0.717) is 6.54 Å². The molecular weight excluding hydrogens is 276 g/mol. The fourth-order valence-corrected chi connectivity index (χ4v) is 1.92. The summed E-state index contributed by atoms with van der Waals surface area (Å²) in [5, 5.41) is 3.22. The molecule has 1 aliphatic heterocycles. The van der Waals surface area contributed by atoms with Crippen LogP contribution in [0.3, 0.4) is 0 Å². The number of alkyl halides is 1. The van der Waals surface area contributed by atoms with Crippen molar-refractivity contribution in [2.75, 3.05) is 53.0 Å². The fraction of sp³-hybridized carbons (Fsp3) is 0.900. The molecule has 0 aromatic carbocycles. The Morgan fingerprint density at radius 1 is 1.56 bits per heavy atom. The van der Waals surface area contributed by atoms with Gasteiger partial charge in [0.2, 0.25) is 0 Å². The molecule has 0 radical (unpaired) electrons. The summed E-state index contributed by atoms with van der Waals surface area (Å²) in [6.45, 7) is 6.10. The normalized spacial score (nSPS) is 19.4. The minimum absolute atomic E-state index is 0.237. The van der Waals surface area contributed by atoms with Crippen LogP contribution in [-0.2, 0) is 14.3 Å². The lowest BCUT2D eigenvalue weighted by Gasteiger charge is -2.26. The molecule has 1 unspecified atom stereocenters. The zero-order valence-electron chi connectivity index (χ0n) is 9.58. The number of hydrogen-bond donors (Lipinski definition) is 1. The second-order valence-corrected chi connectivity index (χ2v) is 4.75. The van der Waals surface area contributed by atoms with E-state index in [4.69, 9.17) is 4.74 Å². The summed E-state index contributed by atoms with van der Waals surface area (Å²) in [6, 6.07) is 0. The quantitative estimate of drug-likeness (QED) is 0.419. The smallest absolute Gasteiger partial charge is 0.320 e. The monoisotopic (exact) mass is 294 g/mol. The lowest BCUT2D eigenvalue weighted by Crippen LogP contribution is -2.41. The van der Waals surface area contributed by atoms with Gasteiger partial charge < -0.3 is 14.8 Å². The van der Waals surface area contributed by atoms with Crippen molar-refractivity contribution in [3.63, 3.8) is 0 Å². The molecule has 0 aromatic rings. The highest BCUT2D eigenvalue weighted by molar-refractivity contribution is 9.10. The zero-order valence-corrected chi connectivity index (χ0v) is 11.2. The number of halogens is 1. The van der Waals surface area contributed by atoms with E-state index in [1.807, 2.05) is 0 Å². The third-order valence-corrected chi connectivity index (χ3v) is 3.19. The van der Waals surface area contributed by atoms with Gasteiger partial charge in [-0.1, -0.05) is 15.9 Å². The highest BCUT2D eigenvalue weighted by Crippen LogP contribution is 2.00. The molecule has 0 saturated carbocycles. The molecule has 1 aliphatic rings. The minimum atomic E-state index is -0.262. The van der Waals surface area contributed by atoms with Crippen molar-refractivity contribution >= 4 is 21.9 Å². The van der Waals surface area contributed by atoms with E-state index in [2.05, 4.69) is 30.9 Å². The topological polar surface area (TPSA) is 50.8 Å². The summed E-state index contributed by atoms with van der Waals surface area (Å²) in [6.07, 6.45) is 0. The first kappa shape index (κ1) is 13.9. The molecule has 1 saturated heterocycles. The van der Waals surface area contributed by atoms with E-state index in [-0.39, 0.29) is 10.8 Å². The lowest BCUT2D eigenvalue weighted by molar-refractivity contribution is -0.139. The molecule has 0 aromatic heterocycles. The second-order valence-electron chi connectivity index (χ2n) is 3.65. The average molecular weight is 295 g/mol. The van der Waals surface area contributed by atoms with Crippen LogP contribution in [0.4, 0.5) is 0 Å². The maximum Gasteiger partial charge on any atom is 0.320 e. The Balaban J connectivity index is 2.00. The maximum atomic E-state index is 11.1. The van der Waals surface area contributed by atoms with Crippen LogP contribution in [0.25, 0.3) is 0 Å². The number of nitrogens with one attached hydrogen (secondary N) is 1. The Morgan fingerprint density at radius 2 is 2.25 bits per heavy atom. The van der Waals surface area contributed by atoms with E-state index in [1.165, 1.54) is 7.11 Å². The van der Waals surface area contributed by atoms with Gasteiger partial charge in [0.1, 0.15) is 4.83 Å². The molecule has 6 heteroatoms. The molecule has 0 bridgehead atoms. The molecule has 94 valence electrons. The number of nitrogens with zero attached hydrogens (tertiary/aromatic N) is 1. The summed E-state index contributed by atoms with van der Waals surface area (Å²) in [7, 11) is 1.39. The second kappa shape index (κ2) is 8.00. The number of esters is 1. The van der Waals surface area contributed by atoms with Crippen LogP contribution in [-0.4, -0.2) is 68.7 Å². The van der Waals surface area contributed by atoms with Crippen LogP contribution in [0, 0.1) is 0 Å². The van der Waals surface area contributed by atoms with Crippen molar-refractivity contribution in [1.29, 1.82) is 0 Å². The number of ether oxygens (including phenoxy) is 2. The Morgan fingerprint density at radius 3 is 2.88 bits per heavy atom. The number of morpholine rings is 1. The highest BCUT2D eigenvalue weighted by Gasteiger charge is 2.14. The van der Waals surface area contributed by atoms with Gasteiger partial charge in [-0.3, -0.25) is 9.69 Å². The lowest BCUT2D eigenvalue weighted by atomic mass is 10.4. The van der Waals surface area contributed by atoms with Crippen LogP contribution < -0.4 is 5.32 Å². The van der Waals surface area contributed by atoms with E-state index in [9.17, 15) is 4.79 Å². The molecule has 16 heavy (non-hydrogen) atoms. The van der Waals surface area contributed by atoms with Gasteiger partial charge in [-0.15, -0.1) is 0 Å². The SMILES string of the molecule is COC(=O)C(Br)CNCCN1CCOCC1. The van der Waals surface area contributed by atoms with Gasteiger partial charge in [0.05, 0.1) is 20.3 Å². The average Bonchev–Trinajstić information content (AvgIpc) is 2.34. The molecule has 1 atom stereocenters. The molecule has 1 heterocycles. The van der Waals surface area contributed by atoms with Crippen molar-refractivity contribution in [3.8, 4) is 0 Å². The Labute approximate surface area is 105 Å². The fourth-order valence-electron chi connectivity index (χ4n) is 1.50. The van der Waals surface area contributed by atoms with Gasteiger partial charge in [0, 0.05) is 32.7 Å². The minimum Gasteiger partial charge on any atom is -0.468 e. The van der Waals surface area contributed by atoms with Crippen molar-refractivity contribution in [3.05, 3.63) is 0 Å². The Hall–Kier alpha value is -0.170. The number of hydrogen-bond acceptors (Lipinski definition) is 5. The largest absolute Gasteiger partial charge is 0.468 e. The van der Waals surface area contributed by atoms with Gasteiger partial charge in [-0.2, -0.15) is 0 Å². The number of carbonyl (C=O) groups is 1. The van der Waals surface area contributed by atoms with Crippen LogP contribution in [0.5, 0.6) is 0 Å². The summed E-state index contributed by atoms with van der Waals surface area (Å²) >= 11 is 3.26. The summed E-state index contributed by atoms with van der Waals surface area (Å²) in [5.41, 5.74) is 0. The van der Waals surface area contributed by atoms with Crippen LogP contribution >= 0.6 is 15.9 Å². The highest BCUT2D eigenvalue weighted by atomic mass is 79.9. The molecule has 0 aliphatic carbocycles. The molecule has 1 N–H and O–H groups in total. The zero-order chi connectivity index (χ0) is 11.8. The predicted octanol–water partition coefficient (Wildman–Crippen LogP) is -0.155. The number of rotatable bonds is 6. The van der Waals surface area contributed by atoms with Crippen LogP contribution in [0.1, 0.15) is 0 Å². The number of carbonyl (C=O) groups excluding carboxylic acids is 1. The summed E-state index contributed by atoms with van der Waals surface area (Å²) < 4.78 is 9.87. The molecule has 0 amide bonds. The molecule has 1 rings (SSSR count). The van der Waals surface area contributed by atoms with Gasteiger partial charge in [-0.05, 0) is 0 Å². The van der Waals surface area contributed by atoms with Crippen LogP contribution in [0.15, 0.2) is 0 Å². The van der Waals surface area contributed by atoms with Gasteiger partial charge in [0.25, 0.3) is 0 Å². The summed E-state index contributed by atoms with van der Waals surface area (Å²) in [5.74, 6) is -0.237. The molecule has 0 spiro atoms. The van der Waals surface area contributed by atoms with Crippen LogP contribution in [0.2, 0.25) is 0 Å². The van der Waals surface area contributed by atoms with Gasteiger partial charge in [0.15, 0.2) is 0 Å². The van der Waals surface area contributed by atoms with Crippen molar-refractivity contribution in [1.82, 2.24) is 10.2 Å². The van der Waals surface area contributed by atoms with Gasteiger partial charge >= 0.3 is 5.97 Å². The Bertz CT molecular complexity index is 210. The first-order valence-corrected chi connectivity index (χ1v) is 6.38. The maximum absolute atomic E-state index is 11.1. The first-order chi connectivity index (χ1) is 7.74.